The fraction of sp³-hybridized carbons (Fsp3) is 0.500. The number of ether oxygens (including phenoxy) is 1. The lowest BCUT2D eigenvalue weighted by molar-refractivity contribution is -0.146. The maximum absolute atomic E-state index is 12.8. The first kappa shape index (κ1) is 17.7. The first-order valence-electron chi connectivity index (χ1n) is 8.31. The number of fused-ring (bicyclic) bond motifs is 2. The van der Waals surface area contributed by atoms with Crippen molar-refractivity contribution in [1.82, 2.24) is 0 Å². The minimum absolute atomic E-state index is 0.0561. The summed E-state index contributed by atoms with van der Waals surface area (Å²) in [6.45, 7) is 3.83. The van der Waals surface area contributed by atoms with Crippen LogP contribution >= 0.6 is 11.3 Å². The molecule has 1 saturated carbocycles. The lowest BCUT2D eigenvalue weighted by Gasteiger charge is -2.23. The van der Waals surface area contributed by atoms with E-state index < -0.39 is 23.8 Å². The molecule has 2 aliphatic carbocycles. The van der Waals surface area contributed by atoms with Gasteiger partial charge >= 0.3 is 11.9 Å². The van der Waals surface area contributed by atoms with Crippen molar-refractivity contribution in [3.8, 4) is 0 Å². The second-order valence-electron chi connectivity index (χ2n) is 6.51. The van der Waals surface area contributed by atoms with Crippen LogP contribution in [-0.2, 0) is 20.7 Å². The fourth-order valence-electron chi connectivity index (χ4n) is 4.12. The van der Waals surface area contributed by atoms with E-state index in [2.05, 4.69) is 5.32 Å². The van der Waals surface area contributed by atoms with Crippen molar-refractivity contribution in [1.29, 1.82) is 0 Å². The van der Waals surface area contributed by atoms with Gasteiger partial charge in [0.05, 0.1) is 24.5 Å². The van der Waals surface area contributed by atoms with Crippen LogP contribution in [0.4, 0.5) is 5.00 Å². The number of nitrogens with one attached hydrogen (secondary N) is 1. The number of esters is 1. The molecule has 1 amide bonds. The molecule has 1 fully saturated rings. The summed E-state index contributed by atoms with van der Waals surface area (Å²) in [6.07, 6.45) is 5.18. The maximum atomic E-state index is 12.8. The van der Waals surface area contributed by atoms with Gasteiger partial charge < -0.3 is 15.2 Å². The molecule has 2 N–H and O–H groups in total. The molecule has 4 atom stereocenters. The summed E-state index contributed by atoms with van der Waals surface area (Å²) in [5.74, 6) is -3.22. The quantitative estimate of drug-likeness (QED) is 0.620. The molecule has 1 heterocycles. The molecule has 1 aromatic rings. The molecule has 0 aliphatic heterocycles. The summed E-state index contributed by atoms with van der Waals surface area (Å²) in [5.41, 5.74) is 1.24. The van der Waals surface area contributed by atoms with Crippen molar-refractivity contribution in [3.05, 3.63) is 28.2 Å². The number of carbonyl (C=O) groups is 3. The smallest absolute Gasteiger partial charge is 0.341 e. The number of aryl methyl sites for hydroxylation is 1. The number of rotatable bonds is 5. The summed E-state index contributed by atoms with van der Waals surface area (Å²) >= 11 is 1.33. The highest BCUT2D eigenvalue weighted by Gasteiger charge is 2.51. The Morgan fingerprint density at radius 3 is 2.48 bits per heavy atom. The Bertz CT molecular complexity index is 766. The van der Waals surface area contributed by atoms with Crippen LogP contribution < -0.4 is 5.32 Å². The lowest BCUT2D eigenvalue weighted by atomic mass is 9.82. The second kappa shape index (κ2) is 6.63. The summed E-state index contributed by atoms with van der Waals surface area (Å²) in [6, 6.07) is 0. The van der Waals surface area contributed by atoms with E-state index in [-0.39, 0.29) is 17.7 Å². The van der Waals surface area contributed by atoms with Gasteiger partial charge in [-0.15, -0.1) is 11.3 Å². The van der Waals surface area contributed by atoms with E-state index in [4.69, 9.17) is 4.74 Å². The van der Waals surface area contributed by atoms with E-state index >= 15 is 0 Å². The Morgan fingerprint density at radius 1 is 1.28 bits per heavy atom. The molecule has 1 aromatic heterocycles. The topological polar surface area (TPSA) is 92.7 Å². The van der Waals surface area contributed by atoms with Crippen LogP contribution in [0.5, 0.6) is 0 Å². The molecule has 2 bridgehead atoms. The predicted octanol–water partition coefficient (Wildman–Crippen LogP) is 2.87. The number of carboxylic acids is 1. The van der Waals surface area contributed by atoms with E-state index in [1.807, 2.05) is 26.0 Å². The Morgan fingerprint density at radius 2 is 1.92 bits per heavy atom. The zero-order chi connectivity index (χ0) is 18.3. The standard InChI is InChI=1S/C18H21NO5S/c1-4-11-8(2)25-16(14(11)18(23)24-3)19-15(20)12-9-5-6-10(7-9)13(12)17(21)22/h5-6,9-10,12-13H,4,7H2,1-3H3,(H,19,20)(H,21,22)/t9-,10-,12-,13+/m0/s1. The molecule has 134 valence electrons. The van der Waals surface area contributed by atoms with Gasteiger partial charge in [-0.3, -0.25) is 9.59 Å². The number of thiophene rings is 1. The third kappa shape index (κ3) is 2.86. The largest absolute Gasteiger partial charge is 0.481 e. The molecule has 0 spiro atoms. The summed E-state index contributed by atoms with van der Waals surface area (Å²) in [4.78, 5) is 37.5. The van der Waals surface area contributed by atoms with E-state index in [0.29, 0.717) is 23.4 Å². The zero-order valence-electron chi connectivity index (χ0n) is 14.4. The molecule has 25 heavy (non-hydrogen) atoms. The van der Waals surface area contributed by atoms with Gasteiger partial charge in [0.25, 0.3) is 0 Å². The van der Waals surface area contributed by atoms with Gasteiger partial charge in [0.15, 0.2) is 0 Å². The number of aliphatic carboxylic acids is 1. The van der Waals surface area contributed by atoms with Gasteiger partial charge in [0.1, 0.15) is 5.00 Å². The second-order valence-corrected chi connectivity index (χ2v) is 7.74. The molecule has 3 rings (SSSR count). The Hall–Kier alpha value is -2.15. The van der Waals surface area contributed by atoms with Crippen molar-refractivity contribution in [2.45, 2.75) is 26.7 Å². The monoisotopic (exact) mass is 363 g/mol. The highest BCUT2D eigenvalue weighted by atomic mass is 32.1. The predicted molar refractivity (Wildman–Crippen MR) is 93.8 cm³/mol. The molecular formula is C18H21NO5S. The maximum Gasteiger partial charge on any atom is 0.341 e. The number of hydrogen-bond donors (Lipinski definition) is 2. The van der Waals surface area contributed by atoms with Crippen LogP contribution in [0.3, 0.4) is 0 Å². The highest BCUT2D eigenvalue weighted by Crippen LogP contribution is 2.48. The van der Waals surface area contributed by atoms with E-state index in [0.717, 1.165) is 10.4 Å². The average molecular weight is 363 g/mol. The van der Waals surface area contributed by atoms with Crippen molar-refractivity contribution in [3.63, 3.8) is 0 Å². The third-order valence-corrected chi connectivity index (χ3v) is 6.30. The Kier molecular flexibility index (Phi) is 4.69. The third-order valence-electron chi connectivity index (χ3n) is 5.24. The average Bonchev–Trinajstić information content (AvgIpc) is 3.26. The number of allylic oxidation sites excluding steroid dienone is 2. The summed E-state index contributed by atoms with van der Waals surface area (Å²) in [7, 11) is 1.31. The number of anilines is 1. The first-order chi connectivity index (χ1) is 11.9. The minimum atomic E-state index is -0.943. The normalized spacial score (nSPS) is 26.7. The Labute approximate surface area is 149 Å². The van der Waals surface area contributed by atoms with E-state index in [1.54, 1.807) is 0 Å². The van der Waals surface area contributed by atoms with E-state index in [9.17, 15) is 19.5 Å². The molecule has 0 radical (unpaired) electrons. The SMILES string of the molecule is CCc1c(C)sc(NC(=O)[C@@H]2[C@H](C(=O)O)[C@H]3C=C[C@H]2C3)c1C(=O)OC. The van der Waals surface area contributed by atoms with Gasteiger partial charge in [-0.1, -0.05) is 19.1 Å². The van der Waals surface area contributed by atoms with Crippen molar-refractivity contribution < 1.29 is 24.2 Å². The van der Waals surface area contributed by atoms with Gasteiger partial charge in [-0.2, -0.15) is 0 Å². The van der Waals surface area contributed by atoms with Gasteiger partial charge in [0, 0.05) is 4.88 Å². The van der Waals surface area contributed by atoms with Crippen LogP contribution in [0, 0.1) is 30.6 Å². The van der Waals surface area contributed by atoms with Crippen LogP contribution in [0.15, 0.2) is 12.2 Å². The van der Waals surface area contributed by atoms with Gasteiger partial charge in [-0.05, 0) is 37.2 Å². The van der Waals surface area contributed by atoms with Gasteiger partial charge in [-0.25, -0.2) is 4.79 Å². The molecular weight excluding hydrogens is 342 g/mol. The highest BCUT2D eigenvalue weighted by molar-refractivity contribution is 7.16. The van der Waals surface area contributed by atoms with Crippen molar-refractivity contribution in [2.75, 3.05) is 12.4 Å². The van der Waals surface area contributed by atoms with Crippen LogP contribution in [0.25, 0.3) is 0 Å². The molecule has 7 heteroatoms. The first-order valence-corrected chi connectivity index (χ1v) is 9.13. The molecule has 0 aromatic carbocycles. The number of hydrogen-bond acceptors (Lipinski definition) is 5. The molecule has 6 nitrogen and oxygen atoms in total. The molecule has 0 saturated heterocycles. The van der Waals surface area contributed by atoms with Crippen molar-refractivity contribution >= 4 is 34.2 Å². The molecule has 0 unspecified atom stereocenters. The zero-order valence-corrected chi connectivity index (χ0v) is 15.2. The fourth-order valence-corrected chi connectivity index (χ4v) is 5.26. The number of carboxylic acid groups (broad SMARTS) is 1. The Balaban J connectivity index is 1.90. The van der Waals surface area contributed by atoms with Crippen molar-refractivity contribution in [2.24, 2.45) is 23.7 Å². The van der Waals surface area contributed by atoms with Crippen LogP contribution in [0.1, 0.15) is 34.1 Å². The summed E-state index contributed by atoms with van der Waals surface area (Å²) < 4.78 is 4.86. The summed E-state index contributed by atoms with van der Waals surface area (Å²) in [5, 5.41) is 12.8. The number of methoxy groups -OCH3 is 1. The van der Waals surface area contributed by atoms with Crippen LogP contribution in [0.2, 0.25) is 0 Å². The van der Waals surface area contributed by atoms with Crippen LogP contribution in [-0.4, -0.2) is 30.1 Å². The number of carbonyl (C=O) groups excluding carboxylic acids is 2. The van der Waals surface area contributed by atoms with E-state index in [1.165, 1.54) is 18.4 Å². The molecule has 2 aliphatic rings. The van der Waals surface area contributed by atoms with Gasteiger partial charge in [0.2, 0.25) is 5.91 Å². The number of amides is 1. The lowest BCUT2D eigenvalue weighted by Crippen LogP contribution is -2.36. The minimum Gasteiger partial charge on any atom is -0.481 e.